The van der Waals surface area contributed by atoms with E-state index < -0.39 is 0 Å². The molecule has 2 N–H and O–H groups in total. The van der Waals surface area contributed by atoms with E-state index in [2.05, 4.69) is 4.98 Å². The first-order valence-electron chi connectivity index (χ1n) is 5.36. The van der Waals surface area contributed by atoms with Gasteiger partial charge in [-0.25, -0.2) is 4.98 Å². The van der Waals surface area contributed by atoms with Crippen LogP contribution in [-0.2, 0) is 6.42 Å². The molecule has 0 saturated carbocycles. The molecule has 5 nitrogen and oxygen atoms in total. The van der Waals surface area contributed by atoms with E-state index >= 15 is 0 Å². The number of fused-ring (bicyclic) bond motifs is 2. The SMILES string of the molecule is O=C1Cc2cccnc2Oc2cc(O)cc(O)c21. The first-order chi connectivity index (χ1) is 8.65. The minimum atomic E-state index is -0.289. The number of hydrogen-bond acceptors (Lipinski definition) is 5. The number of hydrogen-bond donors (Lipinski definition) is 2. The van der Waals surface area contributed by atoms with E-state index in [1.54, 1.807) is 18.3 Å². The third-order valence-electron chi connectivity index (χ3n) is 2.75. The Kier molecular flexibility index (Phi) is 2.19. The zero-order chi connectivity index (χ0) is 12.7. The zero-order valence-electron chi connectivity index (χ0n) is 9.25. The highest BCUT2D eigenvalue weighted by atomic mass is 16.5. The second-order valence-electron chi connectivity index (χ2n) is 4.01. The summed E-state index contributed by atoms with van der Waals surface area (Å²) < 4.78 is 5.48. The first kappa shape index (κ1) is 10.6. The maximum Gasteiger partial charge on any atom is 0.222 e. The molecule has 0 amide bonds. The van der Waals surface area contributed by atoms with Gasteiger partial charge in [-0.3, -0.25) is 4.79 Å². The van der Waals surface area contributed by atoms with Crippen molar-refractivity contribution in [3.63, 3.8) is 0 Å². The van der Waals surface area contributed by atoms with Crippen molar-refractivity contribution >= 4 is 5.78 Å². The topological polar surface area (TPSA) is 79.7 Å². The number of carbonyl (C=O) groups is 1. The molecule has 0 fully saturated rings. The lowest BCUT2D eigenvalue weighted by Crippen LogP contribution is -2.02. The van der Waals surface area contributed by atoms with E-state index in [0.717, 1.165) is 6.07 Å². The van der Waals surface area contributed by atoms with E-state index in [9.17, 15) is 15.0 Å². The minimum Gasteiger partial charge on any atom is -0.508 e. The normalized spacial score (nSPS) is 13.2. The second kappa shape index (κ2) is 3.73. The monoisotopic (exact) mass is 243 g/mol. The Morgan fingerprint density at radius 2 is 2.11 bits per heavy atom. The summed E-state index contributed by atoms with van der Waals surface area (Å²) in [5, 5.41) is 19.2. The number of carbonyl (C=O) groups excluding carboxylic acids is 1. The molecule has 5 heteroatoms. The summed E-state index contributed by atoms with van der Waals surface area (Å²) in [6.45, 7) is 0. The number of aromatic nitrogens is 1. The molecule has 90 valence electrons. The lowest BCUT2D eigenvalue weighted by atomic mass is 10.0. The highest BCUT2D eigenvalue weighted by Crippen LogP contribution is 2.39. The zero-order valence-corrected chi connectivity index (χ0v) is 9.25. The maximum absolute atomic E-state index is 12.1. The minimum absolute atomic E-state index is 0.0748. The molecule has 0 bridgehead atoms. The van der Waals surface area contributed by atoms with Gasteiger partial charge in [-0.1, -0.05) is 6.07 Å². The number of phenolic OH excluding ortho intramolecular Hbond substituents is 2. The number of benzene rings is 1. The van der Waals surface area contributed by atoms with Crippen molar-refractivity contribution in [2.45, 2.75) is 6.42 Å². The quantitative estimate of drug-likeness (QED) is 0.740. The van der Waals surface area contributed by atoms with Crippen LogP contribution in [0.4, 0.5) is 0 Å². The summed E-state index contributed by atoms with van der Waals surface area (Å²) in [5.74, 6) is -0.292. The maximum atomic E-state index is 12.1. The molecule has 2 heterocycles. The molecule has 0 radical (unpaired) electrons. The number of phenols is 2. The Hall–Kier alpha value is -2.56. The van der Waals surface area contributed by atoms with Gasteiger partial charge in [0, 0.05) is 30.3 Å². The summed E-state index contributed by atoms with van der Waals surface area (Å²) in [6.07, 6.45) is 1.66. The lowest BCUT2D eigenvalue weighted by molar-refractivity contribution is 0.0991. The predicted octanol–water partition coefficient (Wildman–Crippen LogP) is 2.02. The number of ether oxygens (including phenoxy) is 1. The van der Waals surface area contributed by atoms with Crippen molar-refractivity contribution in [1.29, 1.82) is 0 Å². The van der Waals surface area contributed by atoms with Gasteiger partial charge in [0.2, 0.25) is 5.88 Å². The van der Waals surface area contributed by atoms with Crippen LogP contribution in [0.5, 0.6) is 23.1 Å². The van der Waals surface area contributed by atoms with Gasteiger partial charge in [0.25, 0.3) is 0 Å². The average Bonchev–Trinajstić information content (AvgIpc) is 2.43. The van der Waals surface area contributed by atoms with Crippen molar-refractivity contribution in [3.8, 4) is 23.1 Å². The molecule has 0 saturated heterocycles. The third-order valence-corrected chi connectivity index (χ3v) is 2.75. The third kappa shape index (κ3) is 1.57. The Bertz CT molecular complexity index is 651. The summed E-state index contributed by atoms with van der Waals surface area (Å²) in [4.78, 5) is 16.1. The van der Waals surface area contributed by atoms with Crippen molar-refractivity contribution in [3.05, 3.63) is 41.6 Å². The number of Topliss-reactive ketones (excluding diaryl/α,β-unsaturated/α-hetero) is 1. The molecule has 1 aromatic carbocycles. The molecule has 1 aliphatic heterocycles. The molecule has 0 spiro atoms. The fourth-order valence-electron chi connectivity index (χ4n) is 1.96. The van der Waals surface area contributed by atoms with Crippen LogP contribution in [0.25, 0.3) is 0 Å². The standard InChI is InChI=1S/C13H9NO4/c15-8-5-10(17)12-9(16)4-7-2-1-3-14-13(7)18-11(12)6-8/h1-3,5-6,15,17H,4H2. The largest absolute Gasteiger partial charge is 0.508 e. The van der Waals surface area contributed by atoms with Crippen molar-refractivity contribution in [2.24, 2.45) is 0 Å². The summed E-state index contributed by atoms with van der Waals surface area (Å²) in [6, 6.07) is 5.85. The van der Waals surface area contributed by atoms with Gasteiger partial charge in [-0.2, -0.15) is 0 Å². The van der Waals surface area contributed by atoms with Crippen molar-refractivity contribution in [2.75, 3.05) is 0 Å². The number of rotatable bonds is 0. The van der Waals surface area contributed by atoms with Crippen molar-refractivity contribution < 1.29 is 19.7 Å². The van der Waals surface area contributed by atoms with E-state index in [1.807, 2.05) is 0 Å². The fourth-order valence-corrected chi connectivity index (χ4v) is 1.96. The van der Waals surface area contributed by atoms with E-state index in [0.29, 0.717) is 11.4 Å². The van der Waals surface area contributed by atoms with E-state index in [1.165, 1.54) is 6.07 Å². The average molecular weight is 243 g/mol. The van der Waals surface area contributed by atoms with Gasteiger partial charge in [0.15, 0.2) is 5.78 Å². The first-order valence-corrected chi connectivity index (χ1v) is 5.36. The molecule has 0 unspecified atom stereocenters. The summed E-state index contributed by atoms with van der Waals surface area (Å²) >= 11 is 0. The van der Waals surface area contributed by atoms with Crippen LogP contribution >= 0.6 is 0 Å². The Balaban J connectivity index is 2.23. The van der Waals surface area contributed by atoms with Gasteiger partial charge in [0.05, 0.1) is 0 Å². The molecule has 0 aliphatic carbocycles. The van der Waals surface area contributed by atoms with Gasteiger partial charge in [-0.05, 0) is 6.07 Å². The summed E-state index contributed by atoms with van der Waals surface area (Å²) in [5.41, 5.74) is 0.725. The van der Waals surface area contributed by atoms with Crippen LogP contribution in [0, 0.1) is 0 Å². The molecular formula is C13H9NO4. The van der Waals surface area contributed by atoms with E-state index in [-0.39, 0.29) is 35.0 Å². The highest BCUT2D eigenvalue weighted by Gasteiger charge is 2.25. The molecule has 0 atom stereocenters. The van der Waals surface area contributed by atoms with E-state index in [4.69, 9.17) is 4.74 Å². The van der Waals surface area contributed by atoms with Gasteiger partial charge in [-0.15, -0.1) is 0 Å². The van der Waals surface area contributed by atoms with Crippen LogP contribution in [-0.4, -0.2) is 21.0 Å². The van der Waals surface area contributed by atoms with Crippen LogP contribution in [0.15, 0.2) is 30.5 Å². The van der Waals surface area contributed by atoms with Crippen LogP contribution < -0.4 is 4.74 Å². The van der Waals surface area contributed by atoms with Gasteiger partial charge >= 0.3 is 0 Å². The van der Waals surface area contributed by atoms with Crippen LogP contribution in [0.2, 0.25) is 0 Å². The van der Waals surface area contributed by atoms with Gasteiger partial charge in [0.1, 0.15) is 22.8 Å². The van der Waals surface area contributed by atoms with Gasteiger partial charge < -0.3 is 14.9 Å². The molecule has 3 rings (SSSR count). The van der Waals surface area contributed by atoms with Crippen LogP contribution in [0.3, 0.4) is 0 Å². The number of pyridine rings is 1. The Morgan fingerprint density at radius 1 is 1.28 bits per heavy atom. The number of nitrogens with zero attached hydrogens (tertiary/aromatic N) is 1. The summed E-state index contributed by atoms with van der Waals surface area (Å²) in [7, 11) is 0. The smallest absolute Gasteiger partial charge is 0.222 e. The van der Waals surface area contributed by atoms with Crippen LogP contribution in [0.1, 0.15) is 15.9 Å². The number of aromatic hydroxyl groups is 2. The highest BCUT2D eigenvalue weighted by molar-refractivity contribution is 6.03. The Labute approximate surface area is 102 Å². The lowest BCUT2D eigenvalue weighted by Gasteiger charge is -2.08. The van der Waals surface area contributed by atoms with Crippen molar-refractivity contribution in [1.82, 2.24) is 4.98 Å². The molecular weight excluding hydrogens is 234 g/mol. The predicted molar refractivity (Wildman–Crippen MR) is 62.1 cm³/mol. The molecule has 1 aromatic heterocycles. The number of ketones is 1. The fraction of sp³-hybridized carbons (Fsp3) is 0.0769. The second-order valence-corrected chi connectivity index (χ2v) is 4.01. The molecule has 1 aliphatic rings. The molecule has 2 aromatic rings. The molecule has 18 heavy (non-hydrogen) atoms. The Morgan fingerprint density at radius 3 is 2.94 bits per heavy atom.